The van der Waals surface area contributed by atoms with Crippen LogP contribution in [0.15, 0.2) is 97.3 Å². The first-order valence-electron chi connectivity index (χ1n) is 19.2. The summed E-state index contributed by atoms with van der Waals surface area (Å²) >= 11 is 1.85. The fourth-order valence-corrected chi connectivity index (χ4v) is 10.1. The van der Waals surface area contributed by atoms with Crippen molar-refractivity contribution in [3.8, 4) is 33.6 Å². The Morgan fingerprint density at radius 2 is 1.29 bits per heavy atom. The zero-order chi connectivity index (χ0) is 39.0. The van der Waals surface area contributed by atoms with Crippen molar-refractivity contribution >= 4 is 44.8 Å². The van der Waals surface area contributed by atoms with Gasteiger partial charge in [0.25, 0.3) is 0 Å². The third kappa shape index (κ3) is 10.6. The van der Waals surface area contributed by atoms with E-state index in [1.807, 2.05) is 41.8 Å². The molecule has 7 aromatic rings. The summed E-state index contributed by atoms with van der Waals surface area (Å²) in [5, 5.41) is 4.08. The van der Waals surface area contributed by atoms with Crippen LogP contribution in [-0.2, 0) is 32.9 Å². The number of pyridine rings is 2. The molecule has 0 saturated heterocycles. The van der Waals surface area contributed by atoms with Crippen molar-refractivity contribution in [3.05, 3.63) is 137 Å². The van der Waals surface area contributed by atoms with Crippen LogP contribution in [0.3, 0.4) is 0 Å². The maximum atomic E-state index is 4.82. The molecule has 0 aliphatic carbocycles. The van der Waals surface area contributed by atoms with Crippen molar-refractivity contribution in [1.29, 1.82) is 0 Å². The Bertz CT molecular complexity index is 2400. The smallest absolute Gasteiger partial charge is 0.0798 e. The van der Waals surface area contributed by atoms with Gasteiger partial charge in [0.1, 0.15) is 0 Å². The summed E-state index contributed by atoms with van der Waals surface area (Å²) in [6, 6.07) is 37.3. The maximum absolute atomic E-state index is 4.82. The Morgan fingerprint density at radius 1 is 0.636 bits per heavy atom. The van der Waals surface area contributed by atoms with Gasteiger partial charge in [0, 0.05) is 37.2 Å². The van der Waals surface area contributed by atoms with Crippen molar-refractivity contribution in [3.63, 3.8) is 0 Å². The fourth-order valence-electron chi connectivity index (χ4n) is 7.31. The van der Waals surface area contributed by atoms with Gasteiger partial charge >= 0.3 is 0 Å². The number of nitrogens with zero attached hydrogens (tertiary/aromatic N) is 2. The second kappa shape index (κ2) is 16.8. The zero-order valence-electron chi connectivity index (χ0n) is 34.8. The van der Waals surface area contributed by atoms with Crippen LogP contribution in [-0.4, -0.2) is 18.0 Å². The van der Waals surface area contributed by atoms with E-state index in [0.29, 0.717) is 0 Å². The molecule has 0 amide bonds. The molecule has 0 spiro atoms. The van der Waals surface area contributed by atoms with Gasteiger partial charge in [-0.05, 0) is 93.9 Å². The normalized spacial score (nSPS) is 12.0. The van der Waals surface area contributed by atoms with E-state index in [4.69, 9.17) is 9.97 Å². The van der Waals surface area contributed by atoms with E-state index < -0.39 is 8.07 Å². The number of aromatic nitrogens is 2. The van der Waals surface area contributed by atoms with Crippen LogP contribution in [0.5, 0.6) is 0 Å². The summed E-state index contributed by atoms with van der Waals surface area (Å²) in [6.45, 7) is 27.4. The molecule has 2 nitrogen and oxygen atoms in total. The molecule has 3 heterocycles. The van der Waals surface area contributed by atoms with E-state index in [0.717, 1.165) is 35.4 Å². The van der Waals surface area contributed by atoms with Crippen molar-refractivity contribution < 1.29 is 20.1 Å². The molecule has 0 saturated carbocycles. The Hall–Kier alpha value is -3.73. The first-order valence-corrected chi connectivity index (χ1v) is 23.5. The molecule has 0 aliphatic heterocycles. The van der Waals surface area contributed by atoms with Crippen LogP contribution in [0, 0.1) is 43.7 Å². The average molecular weight is 937 g/mol. The minimum Gasteiger partial charge on any atom is -0.305 e. The number of fused-ring (bicyclic) bond motifs is 3. The summed E-state index contributed by atoms with van der Waals surface area (Å²) < 4.78 is 2.58. The minimum atomic E-state index is -1.37. The largest absolute Gasteiger partial charge is 0.305 e. The van der Waals surface area contributed by atoms with Gasteiger partial charge in [-0.1, -0.05) is 131 Å². The van der Waals surface area contributed by atoms with Gasteiger partial charge in [-0.2, -0.15) is 11.3 Å². The predicted molar refractivity (Wildman–Crippen MR) is 239 cm³/mol. The van der Waals surface area contributed by atoms with Gasteiger partial charge in [-0.3, -0.25) is 0 Å². The molecule has 0 atom stereocenters. The third-order valence-corrected chi connectivity index (χ3v) is 12.9. The molecular formula is C50H56IrN2SSi-2. The second-order valence-electron chi connectivity index (χ2n) is 18.5. The van der Waals surface area contributed by atoms with Gasteiger partial charge in [-0.25, -0.2) is 0 Å². The predicted octanol–water partition coefficient (Wildman–Crippen LogP) is 13.8. The summed E-state index contributed by atoms with van der Waals surface area (Å²) in [5.41, 5.74) is 14.0. The second-order valence-corrected chi connectivity index (χ2v) is 24.6. The van der Waals surface area contributed by atoms with Gasteiger partial charge in [-0.15, -0.1) is 59.7 Å². The Labute approximate surface area is 349 Å². The van der Waals surface area contributed by atoms with Crippen molar-refractivity contribution in [1.82, 2.24) is 9.97 Å². The monoisotopic (exact) mass is 937 g/mol. The van der Waals surface area contributed by atoms with Crippen LogP contribution >= 0.6 is 11.3 Å². The average Bonchev–Trinajstić information content (AvgIpc) is 3.46. The molecule has 0 N–H and O–H groups in total. The minimum absolute atomic E-state index is 0. The van der Waals surface area contributed by atoms with Gasteiger partial charge in [0.05, 0.1) is 8.07 Å². The van der Waals surface area contributed by atoms with E-state index in [-0.39, 0.29) is 30.9 Å². The quantitative estimate of drug-likeness (QED) is 0.123. The summed E-state index contributed by atoms with van der Waals surface area (Å²) in [6.07, 6.45) is 6.27. The summed E-state index contributed by atoms with van der Waals surface area (Å²) in [5.74, 6) is 0. The van der Waals surface area contributed by atoms with Gasteiger partial charge in [0.2, 0.25) is 0 Å². The van der Waals surface area contributed by atoms with Crippen LogP contribution in [0.2, 0.25) is 19.6 Å². The number of aryl methyl sites for hydroxylation is 3. The van der Waals surface area contributed by atoms with E-state index in [1.165, 1.54) is 64.3 Å². The molecule has 1 radical (unpaired) electrons. The first kappa shape index (κ1) is 42.4. The first-order chi connectivity index (χ1) is 25.3. The summed E-state index contributed by atoms with van der Waals surface area (Å²) in [4.78, 5) is 9.53. The number of benzene rings is 4. The van der Waals surface area contributed by atoms with E-state index >= 15 is 0 Å². The van der Waals surface area contributed by atoms with Crippen molar-refractivity contribution in [2.75, 3.05) is 0 Å². The standard InChI is InChI=1S/C31H30NS.C19H26NSi.Ir/c1-19-12-20(2)14-23(13-19)22-10-11-25-26-8-7-9-27(30(26)33-29(25)16-22)28-15-24(17-31(4,5)6)21(3)18-32-28;1-19(2,3)13-16-12-17(15-10-8-7-9-11-15)20-14-18(16)21(4,5)6;/h7-8,10-16,18H,17H2,1-6H3;7-10,12,14H,13H2,1-6H3;/q2*-1;. The molecule has 4 aromatic carbocycles. The van der Waals surface area contributed by atoms with Crippen LogP contribution in [0.25, 0.3) is 53.8 Å². The Kier molecular flexibility index (Phi) is 12.9. The number of thiophene rings is 1. The molecular weight excluding hydrogens is 881 g/mol. The number of rotatable bonds is 6. The molecule has 287 valence electrons. The van der Waals surface area contributed by atoms with E-state index in [9.17, 15) is 0 Å². The topological polar surface area (TPSA) is 25.8 Å². The zero-order valence-corrected chi connectivity index (χ0v) is 39.0. The van der Waals surface area contributed by atoms with Gasteiger partial charge in [0.15, 0.2) is 0 Å². The molecule has 0 aliphatic rings. The maximum Gasteiger partial charge on any atom is 0.0798 e. The number of hydrogen-bond donors (Lipinski definition) is 0. The van der Waals surface area contributed by atoms with Crippen LogP contribution in [0.1, 0.15) is 69.4 Å². The molecule has 5 heteroatoms. The Balaban J connectivity index is 0.000000229. The van der Waals surface area contributed by atoms with E-state index in [1.54, 1.807) is 0 Å². The molecule has 0 fully saturated rings. The molecule has 7 rings (SSSR count). The molecule has 0 unspecified atom stereocenters. The van der Waals surface area contributed by atoms with Crippen molar-refractivity contribution in [2.24, 2.45) is 10.8 Å². The molecule has 55 heavy (non-hydrogen) atoms. The molecule has 0 bridgehead atoms. The summed E-state index contributed by atoms with van der Waals surface area (Å²) in [7, 11) is -1.37. The van der Waals surface area contributed by atoms with Crippen molar-refractivity contribution in [2.45, 2.75) is 94.8 Å². The van der Waals surface area contributed by atoms with Gasteiger partial charge < -0.3 is 9.97 Å². The number of hydrogen-bond acceptors (Lipinski definition) is 3. The molecule has 3 aromatic heterocycles. The van der Waals surface area contributed by atoms with E-state index in [2.05, 4.69) is 161 Å². The SMILES string of the molecule is CC(C)(C)Cc1cc(-c2[c-]cccc2)ncc1[Si](C)(C)C.Cc1cc(C)cc(-c2ccc3c(c2)sc2c(-c4cc(CC(C)(C)C)c(C)cn4)[c-]ccc23)c1.[Ir]. The third-order valence-electron chi connectivity index (χ3n) is 9.68. The fraction of sp³-hybridized carbons (Fsp3) is 0.320. The van der Waals surface area contributed by atoms with Crippen LogP contribution < -0.4 is 5.19 Å². The van der Waals surface area contributed by atoms with Crippen LogP contribution in [0.4, 0.5) is 0 Å². The Morgan fingerprint density at radius 3 is 1.93 bits per heavy atom.